The summed E-state index contributed by atoms with van der Waals surface area (Å²) < 4.78 is 15.0. The van der Waals surface area contributed by atoms with Gasteiger partial charge in [0.25, 0.3) is 0 Å². The van der Waals surface area contributed by atoms with Crippen LogP contribution >= 0.6 is 0 Å². The predicted molar refractivity (Wildman–Crippen MR) is 31.4 cm³/mol. The number of aliphatic hydroxyl groups is 1. The molecule has 0 aromatic rings. The van der Waals surface area contributed by atoms with E-state index in [0.717, 1.165) is 0 Å². The monoisotopic (exact) mass is 146 g/mol. The molecule has 0 unspecified atom stereocenters. The molecule has 2 fully saturated rings. The van der Waals surface area contributed by atoms with Crippen LogP contribution in [0, 0.1) is 0 Å². The average Bonchev–Trinajstić information content (AvgIpc) is 2.59. The van der Waals surface area contributed by atoms with Crippen molar-refractivity contribution in [1.82, 2.24) is 0 Å². The molecule has 4 nitrogen and oxygen atoms in total. The number of rotatable bonds is 2. The highest BCUT2D eigenvalue weighted by Gasteiger charge is 2.57. The number of hydrogen-bond acceptors (Lipinski definition) is 4. The first-order chi connectivity index (χ1) is 4.83. The summed E-state index contributed by atoms with van der Waals surface area (Å²) in [6.07, 6.45) is -0.801. The third-order valence-electron chi connectivity index (χ3n) is 1.85. The van der Waals surface area contributed by atoms with Crippen molar-refractivity contribution >= 4 is 0 Å². The van der Waals surface area contributed by atoms with Gasteiger partial charge in [0.2, 0.25) is 0 Å². The molecule has 0 amide bonds. The van der Waals surface area contributed by atoms with Crippen LogP contribution in [0.3, 0.4) is 0 Å². The van der Waals surface area contributed by atoms with Gasteiger partial charge in [0, 0.05) is 7.11 Å². The molecule has 2 heterocycles. The van der Waals surface area contributed by atoms with Crippen molar-refractivity contribution in [3.63, 3.8) is 0 Å². The summed E-state index contributed by atoms with van der Waals surface area (Å²) in [4.78, 5) is 0. The Hall–Kier alpha value is -0.160. The lowest BCUT2D eigenvalue weighted by Crippen LogP contribution is -2.23. The molecule has 0 aromatic heterocycles. The number of aliphatic hydroxyl groups excluding tert-OH is 1. The Balaban J connectivity index is 1.89. The highest BCUT2D eigenvalue weighted by Crippen LogP contribution is 2.37. The van der Waals surface area contributed by atoms with Crippen molar-refractivity contribution in [2.75, 3.05) is 13.7 Å². The first kappa shape index (κ1) is 6.54. The minimum absolute atomic E-state index is 0.0648. The summed E-state index contributed by atoms with van der Waals surface area (Å²) in [5, 5.41) is 9.03. The predicted octanol–water partition coefficient (Wildman–Crippen LogP) is -0.883. The molecular weight excluding hydrogens is 136 g/mol. The Labute approximate surface area is 58.7 Å². The first-order valence-corrected chi connectivity index (χ1v) is 3.31. The summed E-state index contributed by atoms with van der Waals surface area (Å²) in [5.74, 6) is 0. The van der Waals surface area contributed by atoms with Gasteiger partial charge in [-0.25, -0.2) is 0 Å². The minimum atomic E-state index is -0.731. The Kier molecular flexibility index (Phi) is 1.42. The third-order valence-corrected chi connectivity index (χ3v) is 1.85. The lowest BCUT2D eigenvalue weighted by molar-refractivity contribution is -0.152. The van der Waals surface area contributed by atoms with E-state index in [-0.39, 0.29) is 18.3 Å². The van der Waals surface area contributed by atoms with Crippen molar-refractivity contribution in [2.45, 2.75) is 24.6 Å². The summed E-state index contributed by atoms with van der Waals surface area (Å²) >= 11 is 0. The normalized spacial score (nSPS) is 51.0. The fourth-order valence-corrected chi connectivity index (χ4v) is 1.30. The lowest BCUT2D eigenvalue weighted by atomic mass is 10.2. The molecule has 4 heteroatoms. The summed E-state index contributed by atoms with van der Waals surface area (Å²) in [6.45, 7) is 0.498. The average molecular weight is 146 g/mol. The van der Waals surface area contributed by atoms with Crippen LogP contribution < -0.4 is 0 Å². The van der Waals surface area contributed by atoms with Crippen molar-refractivity contribution in [2.24, 2.45) is 0 Å². The van der Waals surface area contributed by atoms with E-state index in [1.165, 1.54) is 0 Å². The van der Waals surface area contributed by atoms with Gasteiger partial charge in [-0.3, -0.25) is 0 Å². The molecule has 2 rings (SSSR count). The fourth-order valence-electron chi connectivity index (χ4n) is 1.30. The van der Waals surface area contributed by atoms with Gasteiger partial charge in [-0.1, -0.05) is 0 Å². The maximum absolute atomic E-state index is 9.03. The molecule has 0 aliphatic carbocycles. The summed E-state index contributed by atoms with van der Waals surface area (Å²) in [6, 6.07) is 0. The zero-order chi connectivity index (χ0) is 7.14. The Bertz CT molecular complexity index is 138. The molecule has 2 saturated heterocycles. The summed E-state index contributed by atoms with van der Waals surface area (Å²) in [7, 11) is 1.60. The molecule has 4 atom stereocenters. The second kappa shape index (κ2) is 2.17. The van der Waals surface area contributed by atoms with E-state index in [2.05, 4.69) is 0 Å². The second-order valence-corrected chi connectivity index (χ2v) is 2.59. The molecule has 2 aliphatic rings. The molecule has 0 spiro atoms. The third kappa shape index (κ3) is 0.845. The zero-order valence-corrected chi connectivity index (χ0v) is 5.69. The maximum atomic E-state index is 9.03. The Morgan fingerprint density at radius 1 is 1.40 bits per heavy atom. The number of epoxide rings is 1. The van der Waals surface area contributed by atoms with Crippen LogP contribution in [0.15, 0.2) is 0 Å². The zero-order valence-electron chi connectivity index (χ0n) is 5.69. The van der Waals surface area contributed by atoms with Gasteiger partial charge in [0.05, 0.1) is 6.61 Å². The van der Waals surface area contributed by atoms with Crippen LogP contribution in [-0.4, -0.2) is 43.4 Å². The van der Waals surface area contributed by atoms with E-state index in [4.69, 9.17) is 19.3 Å². The smallest absolute Gasteiger partial charge is 0.184 e. The molecule has 0 radical (unpaired) electrons. The number of fused-ring (bicyclic) bond motifs is 1. The van der Waals surface area contributed by atoms with Crippen LogP contribution in [0.2, 0.25) is 0 Å². The van der Waals surface area contributed by atoms with Crippen LogP contribution in [-0.2, 0) is 14.2 Å². The van der Waals surface area contributed by atoms with E-state index in [1.807, 2.05) is 0 Å². The quantitative estimate of drug-likeness (QED) is 0.514. The standard InChI is InChI=1S/C6H10O4/c1-8-2-3-4-5(10-4)6(7)9-3/h3-7H,2H2,1H3/t3-,4+,5-,6+/m1/s1. The van der Waals surface area contributed by atoms with Gasteiger partial charge in [-0.2, -0.15) is 0 Å². The fraction of sp³-hybridized carbons (Fsp3) is 1.00. The molecular formula is C6H10O4. The molecule has 0 saturated carbocycles. The molecule has 10 heavy (non-hydrogen) atoms. The highest BCUT2D eigenvalue weighted by atomic mass is 16.7. The topological polar surface area (TPSA) is 51.2 Å². The van der Waals surface area contributed by atoms with Gasteiger partial charge in [0.1, 0.15) is 18.3 Å². The number of hydrogen-bond donors (Lipinski definition) is 1. The molecule has 0 bridgehead atoms. The Morgan fingerprint density at radius 2 is 2.20 bits per heavy atom. The van der Waals surface area contributed by atoms with Crippen LogP contribution in [0.4, 0.5) is 0 Å². The maximum Gasteiger partial charge on any atom is 0.184 e. The van der Waals surface area contributed by atoms with Gasteiger partial charge in [-0.15, -0.1) is 0 Å². The van der Waals surface area contributed by atoms with E-state index >= 15 is 0 Å². The van der Waals surface area contributed by atoms with E-state index < -0.39 is 6.29 Å². The van der Waals surface area contributed by atoms with Crippen molar-refractivity contribution in [3.05, 3.63) is 0 Å². The van der Waals surface area contributed by atoms with Crippen molar-refractivity contribution in [3.8, 4) is 0 Å². The van der Waals surface area contributed by atoms with E-state index in [9.17, 15) is 0 Å². The lowest BCUT2D eigenvalue weighted by Gasteiger charge is -2.11. The van der Waals surface area contributed by atoms with E-state index in [0.29, 0.717) is 6.61 Å². The minimum Gasteiger partial charge on any atom is -0.382 e. The summed E-state index contributed by atoms with van der Waals surface area (Å²) in [5.41, 5.74) is 0. The van der Waals surface area contributed by atoms with E-state index in [1.54, 1.807) is 7.11 Å². The van der Waals surface area contributed by atoms with Crippen molar-refractivity contribution in [1.29, 1.82) is 0 Å². The molecule has 2 aliphatic heterocycles. The van der Waals surface area contributed by atoms with Gasteiger partial charge < -0.3 is 19.3 Å². The van der Waals surface area contributed by atoms with Crippen molar-refractivity contribution < 1.29 is 19.3 Å². The number of methoxy groups -OCH3 is 1. The number of ether oxygens (including phenoxy) is 3. The SMILES string of the molecule is COC[C@H]1O[C@H](O)[C@@H]2O[C@H]21. The highest BCUT2D eigenvalue weighted by molar-refractivity contribution is 4.99. The molecule has 1 N–H and O–H groups in total. The molecule has 0 aromatic carbocycles. The van der Waals surface area contributed by atoms with Gasteiger partial charge in [-0.05, 0) is 0 Å². The largest absolute Gasteiger partial charge is 0.382 e. The van der Waals surface area contributed by atoms with Crippen LogP contribution in [0.1, 0.15) is 0 Å². The first-order valence-electron chi connectivity index (χ1n) is 3.31. The van der Waals surface area contributed by atoms with Gasteiger partial charge >= 0.3 is 0 Å². The molecule has 58 valence electrons. The van der Waals surface area contributed by atoms with Gasteiger partial charge in [0.15, 0.2) is 6.29 Å². The Morgan fingerprint density at radius 3 is 2.60 bits per heavy atom. The second-order valence-electron chi connectivity index (χ2n) is 2.59. The van der Waals surface area contributed by atoms with Crippen LogP contribution in [0.25, 0.3) is 0 Å². The van der Waals surface area contributed by atoms with Crippen LogP contribution in [0.5, 0.6) is 0 Å².